The number of halogens is 2. The predicted octanol–water partition coefficient (Wildman–Crippen LogP) is 2.59. The van der Waals surface area contributed by atoms with Gasteiger partial charge in [-0.05, 0) is 23.8 Å². The smallest absolute Gasteiger partial charge is 0.129 e. The van der Waals surface area contributed by atoms with Gasteiger partial charge in [-0.25, -0.2) is 8.78 Å². The lowest BCUT2D eigenvalue weighted by molar-refractivity contribution is 0.565. The first-order chi connectivity index (χ1) is 7.13. The Kier molecular flexibility index (Phi) is 5.05. The van der Waals surface area contributed by atoms with E-state index in [1.807, 2.05) is 0 Å². The number of rotatable bonds is 5. The van der Waals surface area contributed by atoms with Crippen LogP contribution in [0.5, 0.6) is 0 Å². The molecule has 0 aromatic heterocycles. The molecule has 0 radical (unpaired) electrons. The van der Waals surface area contributed by atoms with Crippen LogP contribution in [-0.4, -0.2) is 17.5 Å². The lowest BCUT2D eigenvalue weighted by atomic mass is 10.1. The van der Waals surface area contributed by atoms with Gasteiger partial charge in [-0.2, -0.15) is 11.8 Å². The lowest BCUT2D eigenvalue weighted by Crippen LogP contribution is -2.26. The summed E-state index contributed by atoms with van der Waals surface area (Å²) in [6.07, 6.45) is 0.457. The summed E-state index contributed by atoms with van der Waals surface area (Å²) in [5.74, 6) is 0.743. The van der Waals surface area contributed by atoms with Gasteiger partial charge in [-0.15, -0.1) is 0 Å². The van der Waals surface area contributed by atoms with Crippen LogP contribution in [0.25, 0.3) is 0 Å². The fourth-order valence-electron chi connectivity index (χ4n) is 1.30. The molecule has 84 valence electrons. The minimum absolute atomic E-state index is 0.0742. The minimum Gasteiger partial charge on any atom is -0.327 e. The van der Waals surface area contributed by atoms with Crippen LogP contribution in [0.4, 0.5) is 8.78 Å². The van der Waals surface area contributed by atoms with Crippen molar-refractivity contribution in [2.24, 2.45) is 5.73 Å². The van der Waals surface area contributed by atoms with Crippen molar-refractivity contribution in [2.75, 3.05) is 11.5 Å². The van der Waals surface area contributed by atoms with Gasteiger partial charge in [-0.3, -0.25) is 0 Å². The Morgan fingerprint density at radius 3 is 2.73 bits per heavy atom. The largest absolute Gasteiger partial charge is 0.327 e. The molecule has 15 heavy (non-hydrogen) atoms. The first-order valence-corrected chi connectivity index (χ1v) is 6.06. The maximum Gasteiger partial charge on any atom is 0.129 e. The average Bonchev–Trinajstić information content (AvgIpc) is 2.19. The SMILES string of the molecule is CCSCC(N)Cc1ccc(F)cc1F. The van der Waals surface area contributed by atoms with E-state index in [0.717, 1.165) is 17.6 Å². The molecule has 0 fully saturated rings. The monoisotopic (exact) mass is 231 g/mol. The van der Waals surface area contributed by atoms with Crippen molar-refractivity contribution in [3.63, 3.8) is 0 Å². The van der Waals surface area contributed by atoms with E-state index in [1.54, 1.807) is 11.8 Å². The molecule has 0 amide bonds. The highest BCUT2D eigenvalue weighted by Gasteiger charge is 2.08. The number of hydrogen-bond donors (Lipinski definition) is 1. The van der Waals surface area contributed by atoms with Gasteiger partial charge in [0.1, 0.15) is 11.6 Å². The summed E-state index contributed by atoms with van der Waals surface area (Å²) in [6, 6.07) is 3.55. The van der Waals surface area contributed by atoms with E-state index in [2.05, 4.69) is 6.92 Å². The lowest BCUT2D eigenvalue weighted by Gasteiger charge is -2.11. The topological polar surface area (TPSA) is 26.0 Å². The molecule has 2 N–H and O–H groups in total. The van der Waals surface area contributed by atoms with Gasteiger partial charge in [-0.1, -0.05) is 13.0 Å². The second-order valence-corrected chi connectivity index (χ2v) is 4.68. The Morgan fingerprint density at radius 1 is 1.40 bits per heavy atom. The van der Waals surface area contributed by atoms with Gasteiger partial charge in [0.05, 0.1) is 0 Å². The molecule has 0 saturated carbocycles. The second-order valence-electron chi connectivity index (χ2n) is 3.36. The molecule has 0 aliphatic heterocycles. The van der Waals surface area contributed by atoms with E-state index in [1.165, 1.54) is 12.1 Å². The molecule has 4 heteroatoms. The van der Waals surface area contributed by atoms with Crippen molar-refractivity contribution in [1.82, 2.24) is 0 Å². The average molecular weight is 231 g/mol. The van der Waals surface area contributed by atoms with Crippen molar-refractivity contribution >= 4 is 11.8 Å². The van der Waals surface area contributed by atoms with E-state index >= 15 is 0 Å². The molecule has 1 aromatic carbocycles. The zero-order valence-electron chi connectivity index (χ0n) is 8.67. The summed E-state index contributed by atoms with van der Waals surface area (Å²) in [5, 5.41) is 0. The van der Waals surface area contributed by atoms with Gasteiger partial charge in [0.25, 0.3) is 0 Å². The summed E-state index contributed by atoms with van der Waals surface area (Å²) in [4.78, 5) is 0. The van der Waals surface area contributed by atoms with Crippen molar-refractivity contribution in [1.29, 1.82) is 0 Å². The predicted molar refractivity (Wildman–Crippen MR) is 61.0 cm³/mol. The summed E-state index contributed by atoms with van der Waals surface area (Å²) in [7, 11) is 0. The molecular formula is C11H15F2NS. The molecule has 0 saturated heterocycles. The highest BCUT2D eigenvalue weighted by atomic mass is 32.2. The third kappa shape index (κ3) is 4.18. The number of thioether (sulfide) groups is 1. The molecule has 0 heterocycles. The highest BCUT2D eigenvalue weighted by Crippen LogP contribution is 2.12. The maximum atomic E-state index is 13.2. The molecule has 0 spiro atoms. The van der Waals surface area contributed by atoms with Crippen molar-refractivity contribution in [3.05, 3.63) is 35.4 Å². The van der Waals surface area contributed by atoms with Crippen LogP contribution >= 0.6 is 11.8 Å². The standard InChI is InChI=1S/C11H15F2NS/c1-2-15-7-10(14)5-8-3-4-9(12)6-11(8)13/h3-4,6,10H,2,5,7,14H2,1H3. The Labute approximate surface area is 93.1 Å². The van der Waals surface area contributed by atoms with E-state index in [0.29, 0.717) is 12.0 Å². The number of benzene rings is 1. The molecular weight excluding hydrogens is 216 g/mol. The van der Waals surface area contributed by atoms with E-state index in [-0.39, 0.29) is 6.04 Å². The zero-order valence-corrected chi connectivity index (χ0v) is 9.49. The summed E-state index contributed by atoms with van der Waals surface area (Å²) >= 11 is 1.72. The summed E-state index contributed by atoms with van der Waals surface area (Å²) in [6.45, 7) is 2.05. The van der Waals surface area contributed by atoms with E-state index in [9.17, 15) is 8.78 Å². The summed E-state index contributed by atoms with van der Waals surface area (Å²) in [5.41, 5.74) is 6.30. The number of hydrogen-bond acceptors (Lipinski definition) is 2. The molecule has 1 atom stereocenters. The normalized spacial score (nSPS) is 12.8. The molecule has 0 aliphatic rings. The molecule has 0 bridgehead atoms. The Balaban J connectivity index is 2.56. The molecule has 0 aliphatic carbocycles. The van der Waals surface area contributed by atoms with Crippen LogP contribution in [0.3, 0.4) is 0 Å². The number of nitrogens with two attached hydrogens (primary N) is 1. The van der Waals surface area contributed by atoms with Crippen LogP contribution in [0.1, 0.15) is 12.5 Å². The van der Waals surface area contributed by atoms with Crippen LogP contribution in [0.15, 0.2) is 18.2 Å². The van der Waals surface area contributed by atoms with Gasteiger partial charge >= 0.3 is 0 Å². The van der Waals surface area contributed by atoms with Crippen LogP contribution in [-0.2, 0) is 6.42 Å². The van der Waals surface area contributed by atoms with Crippen molar-refractivity contribution in [2.45, 2.75) is 19.4 Å². The van der Waals surface area contributed by atoms with Crippen LogP contribution in [0, 0.1) is 11.6 Å². The van der Waals surface area contributed by atoms with Crippen LogP contribution in [0.2, 0.25) is 0 Å². The van der Waals surface area contributed by atoms with E-state index < -0.39 is 11.6 Å². The molecule has 1 aromatic rings. The van der Waals surface area contributed by atoms with Crippen molar-refractivity contribution < 1.29 is 8.78 Å². The zero-order chi connectivity index (χ0) is 11.3. The molecule has 1 nitrogen and oxygen atoms in total. The second kappa shape index (κ2) is 6.08. The van der Waals surface area contributed by atoms with Gasteiger partial charge in [0, 0.05) is 17.9 Å². The first-order valence-electron chi connectivity index (χ1n) is 4.90. The van der Waals surface area contributed by atoms with Crippen LogP contribution < -0.4 is 5.73 Å². The van der Waals surface area contributed by atoms with Gasteiger partial charge < -0.3 is 5.73 Å². The summed E-state index contributed by atoms with van der Waals surface area (Å²) < 4.78 is 25.8. The Morgan fingerprint density at radius 2 is 2.13 bits per heavy atom. The van der Waals surface area contributed by atoms with Crippen molar-refractivity contribution in [3.8, 4) is 0 Å². The third-order valence-corrected chi connectivity index (χ3v) is 3.11. The van der Waals surface area contributed by atoms with E-state index in [4.69, 9.17) is 5.73 Å². The first kappa shape index (κ1) is 12.5. The fourth-order valence-corrected chi connectivity index (χ4v) is 1.95. The quantitative estimate of drug-likeness (QED) is 0.843. The fraction of sp³-hybridized carbons (Fsp3) is 0.455. The maximum absolute atomic E-state index is 13.2. The highest BCUT2D eigenvalue weighted by molar-refractivity contribution is 7.99. The van der Waals surface area contributed by atoms with Gasteiger partial charge in [0.15, 0.2) is 0 Å². The minimum atomic E-state index is -0.548. The Hall–Kier alpha value is -0.610. The van der Waals surface area contributed by atoms with Gasteiger partial charge in [0.2, 0.25) is 0 Å². The molecule has 1 unspecified atom stereocenters. The Bertz CT molecular complexity index is 317. The third-order valence-electron chi connectivity index (χ3n) is 2.03. The molecule has 1 rings (SSSR count).